The fourth-order valence-corrected chi connectivity index (χ4v) is 1.80. The van der Waals surface area contributed by atoms with E-state index >= 15 is 0 Å². The van der Waals surface area contributed by atoms with Crippen molar-refractivity contribution in [1.82, 2.24) is 10.3 Å². The maximum Gasteiger partial charge on any atom is 0.227 e. The summed E-state index contributed by atoms with van der Waals surface area (Å²) < 4.78 is 13.2. The van der Waals surface area contributed by atoms with E-state index in [0.29, 0.717) is 0 Å². The van der Waals surface area contributed by atoms with E-state index < -0.39 is 5.82 Å². The number of halogens is 1. The summed E-state index contributed by atoms with van der Waals surface area (Å²) in [6, 6.07) is 1.47. The maximum atomic E-state index is 13.2. The number of hydrogen-bond acceptors (Lipinski definition) is 3. The summed E-state index contributed by atoms with van der Waals surface area (Å²) in [5.74, 6) is -0.620. The molecule has 86 valence electrons. The highest BCUT2D eigenvalue weighted by atomic mass is 19.1. The molecule has 16 heavy (non-hydrogen) atoms. The molecule has 0 atom stereocenters. The van der Waals surface area contributed by atoms with E-state index in [2.05, 4.69) is 15.6 Å². The van der Waals surface area contributed by atoms with Gasteiger partial charge in [-0.05, 0) is 32.0 Å². The Kier molecular flexibility index (Phi) is 3.46. The van der Waals surface area contributed by atoms with E-state index in [0.717, 1.165) is 32.1 Å². The number of nitrogens with zero attached hydrogens (tertiary/aromatic N) is 1. The third-order valence-electron chi connectivity index (χ3n) is 2.74. The Labute approximate surface area is 93.3 Å². The normalized spacial score (nSPS) is 17.1. The second-order valence-corrected chi connectivity index (χ2v) is 3.87. The molecule has 0 unspecified atom stereocenters. The Balaban J connectivity index is 1.99. The van der Waals surface area contributed by atoms with Gasteiger partial charge >= 0.3 is 0 Å². The summed E-state index contributed by atoms with van der Waals surface area (Å²) in [7, 11) is 0. The highest BCUT2D eigenvalue weighted by molar-refractivity contribution is 5.92. The standard InChI is InChI=1S/C11H14FN3O/c12-9-7-14-6-3-10(9)15-11(16)8-1-4-13-5-2-8/h3,6-8,13H,1-2,4-5H2,(H,14,15,16). The van der Waals surface area contributed by atoms with Crippen molar-refractivity contribution in [3.05, 3.63) is 24.3 Å². The second kappa shape index (κ2) is 5.03. The van der Waals surface area contributed by atoms with Crippen molar-refractivity contribution in [1.29, 1.82) is 0 Å². The van der Waals surface area contributed by atoms with Crippen LogP contribution in [0.25, 0.3) is 0 Å². The molecule has 1 aliphatic heterocycles. The van der Waals surface area contributed by atoms with Gasteiger partial charge in [0.2, 0.25) is 5.91 Å². The predicted octanol–water partition coefficient (Wildman–Crippen LogP) is 1.16. The van der Waals surface area contributed by atoms with Crippen molar-refractivity contribution in [2.24, 2.45) is 5.92 Å². The van der Waals surface area contributed by atoms with Gasteiger partial charge in [0.15, 0.2) is 5.82 Å². The Morgan fingerprint density at radius 1 is 1.50 bits per heavy atom. The van der Waals surface area contributed by atoms with Crippen molar-refractivity contribution >= 4 is 11.6 Å². The molecule has 0 aromatic carbocycles. The van der Waals surface area contributed by atoms with Gasteiger partial charge in [-0.1, -0.05) is 0 Å². The quantitative estimate of drug-likeness (QED) is 0.791. The highest BCUT2D eigenvalue weighted by Gasteiger charge is 2.21. The number of rotatable bonds is 2. The van der Waals surface area contributed by atoms with Crippen LogP contribution in [0.15, 0.2) is 18.5 Å². The van der Waals surface area contributed by atoms with Crippen molar-refractivity contribution in [2.45, 2.75) is 12.8 Å². The van der Waals surface area contributed by atoms with Crippen LogP contribution in [0.1, 0.15) is 12.8 Å². The molecule has 1 fully saturated rings. The molecular weight excluding hydrogens is 209 g/mol. The van der Waals surface area contributed by atoms with Crippen LogP contribution in [0.4, 0.5) is 10.1 Å². The van der Waals surface area contributed by atoms with Gasteiger partial charge in [0.1, 0.15) is 0 Å². The Hall–Kier alpha value is -1.49. The minimum absolute atomic E-state index is 0.0196. The lowest BCUT2D eigenvalue weighted by Gasteiger charge is -2.21. The molecule has 1 amide bonds. The van der Waals surface area contributed by atoms with Crippen molar-refractivity contribution in [2.75, 3.05) is 18.4 Å². The zero-order chi connectivity index (χ0) is 11.4. The molecule has 2 rings (SSSR count). The fraction of sp³-hybridized carbons (Fsp3) is 0.455. The first-order valence-corrected chi connectivity index (χ1v) is 5.38. The summed E-state index contributed by atoms with van der Waals surface area (Å²) in [5, 5.41) is 5.78. The molecular formula is C11H14FN3O. The van der Waals surface area contributed by atoms with Gasteiger partial charge in [0.05, 0.1) is 11.9 Å². The van der Waals surface area contributed by atoms with Crippen LogP contribution in [-0.2, 0) is 4.79 Å². The monoisotopic (exact) mass is 223 g/mol. The van der Waals surface area contributed by atoms with Gasteiger partial charge in [0, 0.05) is 12.1 Å². The van der Waals surface area contributed by atoms with Gasteiger partial charge in [-0.15, -0.1) is 0 Å². The molecule has 1 aromatic rings. The number of nitrogens with one attached hydrogen (secondary N) is 2. The van der Waals surface area contributed by atoms with Crippen LogP contribution >= 0.6 is 0 Å². The molecule has 0 spiro atoms. The van der Waals surface area contributed by atoms with E-state index in [-0.39, 0.29) is 17.5 Å². The third-order valence-corrected chi connectivity index (χ3v) is 2.74. The lowest BCUT2D eigenvalue weighted by Crippen LogP contribution is -2.34. The molecule has 1 saturated heterocycles. The maximum absolute atomic E-state index is 13.2. The van der Waals surface area contributed by atoms with E-state index in [1.165, 1.54) is 12.3 Å². The molecule has 0 bridgehead atoms. The number of amides is 1. The molecule has 0 radical (unpaired) electrons. The average Bonchev–Trinajstić information content (AvgIpc) is 2.33. The molecule has 1 aromatic heterocycles. The third kappa shape index (κ3) is 2.55. The zero-order valence-electron chi connectivity index (χ0n) is 8.87. The van der Waals surface area contributed by atoms with E-state index in [4.69, 9.17) is 0 Å². The van der Waals surface area contributed by atoms with Crippen LogP contribution in [0.2, 0.25) is 0 Å². The van der Waals surface area contributed by atoms with E-state index in [1.807, 2.05) is 0 Å². The lowest BCUT2D eigenvalue weighted by molar-refractivity contribution is -0.120. The van der Waals surface area contributed by atoms with Gasteiger partial charge in [-0.25, -0.2) is 4.39 Å². The molecule has 0 aliphatic carbocycles. The number of carbonyl (C=O) groups is 1. The van der Waals surface area contributed by atoms with Gasteiger partial charge in [-0.2, -0.15) is 0 Å². The summed E-state index contributed by atoms with van der Waals surface area (Å²) in [4.78, 5) is 15.4. The van der Waals surface area contributed by atoms with Crippen molar-refractivity contribution in [3.8, 4) is 0 Å². The van der Waals surface area contributed by atoms with Crippen LogP contribution in [-0.4, -0.2) is 24.0 Å². The summed E-state index contributed by atoms with van der Waals surface area (Å²) in [6.45, 7) is 1.69. The van der Waals surface area contributed by atoms with E-state index in [1.54, 1.807) is 0 Å². The Morgan fingerprint density at radius 2 is 2.25 bits per heavy atom. The van der Waals surface area contributed by atoms with Crippen LogP contribution < -0.4 is 10.6 Å². The first-order valence-electron chi connectivity index (χ1n) is 5.38. The van der Waals surface area contributed by atoms with Crippen LogP contribution in [0.3, 0.4) is 0 Å². The summed E-state index contributed by atoms with van der Waals surface area (Å²) in [6.07, 6.45) is 4.16. The number of aromatic nitrogens is 1. The summed E-state index contributed by atoms with van der Waals surface area (Å²) >= 11 is 0. The van der Waals surface area contributed by atoms with Crippen molar-refractivity contribution in [3.63, 3.8) is 0 Å². The largest absolute Gasteiger partial charge is 0.323 e. The molecule has 2 heterocycles. The molecule has 4 nitrogen and oxygen atoms in total. The van der Waals surface area contributed by atoms with Gasteiger partial charge in [0.25, 0.3) is 0 Å². The Bertz CT molecular complexity index is 377. The zero-order valence-corrected chi connectivity index (χ0v) is 8.87. The molecule has 1 aliphatic rings. The van der Waals surface area contributed by atoms with Gasteiger partial charge < -0.3 is 10.6 Å². The molecule has 5 heteroatoms. The smallest absolute Gasteiger partial charge is 0.227 e. The molecule has 0 saturated carbocycles. The van der Waals surface area contributed by atoms with Crippen molar-refractivity contribution < 1.29 is 9.18 Å². The number of anilines is 1. The fourth-order valence-electron chi connectivity index (χ4n) is 1.80. The molecule has 2 N–H and O–H groups in total. The predicted molar refractivity (Wildman–Crippen MR) is 58.4 cm³/mol. The first-order chi connectivity index (χ1) is 7.77. The topological polar surface area (TPSA) is 54.0 Å². The van der Waals surface area contributed by atoms with E-state index in [9.17, 15) is 9.18 Å². The van der Waals surface area contributed by atoms with Crippen LogP contribution in [0.5, 0.6) is 0 Å². The second-order valence-electron chi connectivity index (χ2n) is 3.87. The SMILES string of the molecule is O=C(Nc1ccncc1F)C1CCNCC1. The number of pyridine rings is 1. The highest BCUT2D eigenvalue weighted by Crippen LogP contribution is 2.16. The first kappa shape index (κ1) is 11.0. The number of carbonyl (C=O) groups excluding carboxylic acids is 1. The minimum atomic E-state index is -0.496. The van der Waals surface area contributed by atoms with Gasteiger partial charge in [-0.3, -0.25) is 9.78 Å². The Morgan fingerprint density at radius 3 is 2.94 bits per heavy atom. The summed E-state index contributed by atoms with van der Waals surface area (Å²) in [5.41, 5.74) is 0.207. The number of hydrogen-bond donors (Lipinski definition) is 2. The number of piperidine rings is 1. The average molecular weight is 223 g/mol. The lowest BCUT2D eigenvalue weighted by atomic mass is 9.97. The van der Waals surface area contributed by atoms with Crippen LogP contribution in [0, 0.1) is 11.7 Å². The minimum Gasteiger partial charge on any atom is -0.323 e.